The number of esters is 1. The van der Waals surface area contributed by atoms with Crippen molar-refractivity contribution in [3.63, 3.8) is 0 Å². The van der Waals surface area contributed by atoms with E-state index in [9.17, 15) is 43.2 Å². The summed E-state index contributed by atoms with van der Waals surface area (Å²) in [6.07, 6.45) is 5.91. The van der Waals surface area contributed by atoms with Gasteiger partial charge in [0.05, 0.1) is 34.5 Å². The van der Waals surface area contributed by atoms with Crippen LogP contribution in [-0.4, -0.2) is 115 Å². The number of amides is 4. The van der Waals surface area contributed by atoms with Gasteiger partial charge in [-0.25, -0.2) is 14.8 Å². The molecule has 0 aliphatic carbocycles. The molecule has 4 atom stereocenters. The lowest BCUT2D eigenvalue weighted by atomic mass is 10.1. The van der Waals surface area contributed by atoms with Crippen molar-refractivity contribution in [2.24, 2.45) is 0 Å². The normalized spacial score (nSPS) is 11.9. The smallest absolute Gasteiger partial charge is 0.341 e. The Balaban J connectivity index is 0.00000119. The fraction of sp³-hybridized carbons (Fsp3) is 0.357. The molecular formula is C42H54Cl2N8O12. The monoisotopic (exact) mass is 932 g/mol. The highest BCUT2D eigenvalue weighted by Crippen LogP contribution is 2.25. The number of aromatic amines is 2. The predicted molar refractivity (Wildman–Crippen MR) is 236 cm³/mol. The van der Waals surface area contributed by atoms with Gasteiger partial charge in [-0.1, -0.05) is 81.9 Å². The summed E-state index contributed by atoms with van der Waals surface area (Å²) < 4.78 is 4.89. The summed E-state index contributed by atoms with van der Waals surface area (Å²) in [5.41, 5.74) is 1.89. The molecule has 4 aromatic rings. The van der Waals surface area contributed by atoms with Crippen LogP contribution in [0.4, 0.5) is 0 Å². The number of aryl methyl sites for hydroxylation is 2. The standard InChI is InChI=1S/C20H24N4O5.C19H18Cl2N4O7.3CH4/c1-13(19(28)24-16(12-25)10-17(26)27)22-20(29)18-21-11-15(23-18)9-5-8-14-6-3-2-4-7-14;1-9(24-18(30)16-22-5-6-23-16)17(29)25-12(7-14(27)28)13(26)8-32-19(31)15-10(20)3-2-4-11(15)21;;;/h2-4,6-7,11-13,16H,5,8-10H2,1H3,(H,21,23)(H,22,29)(H,24,28)(H,26,27);2-6,9,12H,7-8H2,1H3,(H,22,23)(H,24,30)(H,25,29)(H,27,28);3*1H4/t13-,16-;9-,12-;;;/m00.../s1. The molecule has 0 saturated carbocycles. The van der Waals surface area contributed by atoms with E-state index in [1.165, 1.54) is 50.0 Å². The van der Waals surface area contributed by atoms with Crippen molar-refractivity contribution in [1.29, 1.82) is 0 Å². The number of nitrogens with one attached hydrogen (secondary N) is 6. The van der Waals surface area contributed by atoms with Crippen LogP contribution in [0.5, 0.6) is 0 Å². The maximum Gasteiger partial charge on any atom is 0.341 e. The van der Waals surface area contributed by atoms with Crippen LogP contribution < -0.4 is 21.3 Å². The third kappa shape index (κ3) is 19.0. The molecule has 4 rings (SSSR count). The van der Waals surface area contributed by atoms with E-state index in [1.54, 1.807) is 6.20 Å². The average molecular weight is 934 g/mol. The molecule has 8 N–H and O–H groups in total. The summed E-state index contributed by atoms with van der Waals surface area (Å²) in [7, 11) is 0. The van der Waals surface area contributed by atoms with Gasteiger partial charge in [0.25, 0.3) is 11.8 Å². The number of hydrogen-bond donors (Lipinski definition) is 8. The molecule has 22 heteroatoms. The van der Waals surface area contributed by atoms with Crippen molar-refractivity contribution in [1.82, 2.24) is 41.2 Å². The number of halogens is 2. The van der Waals surface area contributed by atoms with E-state index < -0.39 is 90.9 Å². The zero-order chi connectivity index (χ0) is 45.1. The van der Waals surface area contributed by atoms with Crippen molar-refractivity contribution >= 4 is 76.8 Å². The zero-order valence-electron chi connectivity index (χ0n) is 32.6. The Hall–Kier alpha value is -6.93. The summed E-state index contributed by atoms with van der Waals surface area (Å²) in [4.78, 5) is 119. The Kier molecular flexibility index (Phi) is 25.5. The maximum absolute atomic E-state index is 12.4. The Morgan fingerprint density at radius 2 is 1.33 bits per heavy atom. The second-order valence-electron chi connectivity index (χ2n) is 13.1. The minimum atomic E-state index is -1.52. The maximum atomic E-state index is 12.4. The number of carbonyl (C=O) groups is 9. The van der Waals surface area contributed by atoms with Crippen LogP contribution in [0.3, 0.4) is 0 Å². The lowest BCUT2D eigenvalue weighted by molar-refractivity contribution is -0.141. The number of imidazole rings is 2. The molecule has 0 saturated heterocycles. The van der Waals surface area contributed by atoms with Gasteiger partial charge in [-0.15, -0.1) is 0 Å². The number of ketones is 1. The Labute approximate surface area is 379 Å². The van der Waals surface area contributed by atoms with Crippen LogP contribution in [0.1, 0.15) is 98.2 Å². The number of nitrogens with zero attached hydrogens (tertiary/aromatic N) is 2. The van der Waals surface area contributed by atoms with Gasteiger partial charge in [0.15, 0.2) is 24.0 Å². The quantitative estimate of drug-likeness (QED) is 0.0433. The molecule has 0 aliphatic heterocycles. The molecule has 2 heterocycles. The highest BCUT2D eigenvalue weighted by Gasteiger charge is 2.29. The van der Waals surface area contributed by atoms with E-state index in [1.807, 2.05) is 18.2 Å². The van der Waals surface area contributed by atoms with Crippen molar-refractivity contribution in [2.45, 2.75) is 92.4 Å². The molecule has 2 aromatic heterocycles. The summed E-state index contributed by atoms with van der Waals surface area (Å²) in [6.45, 7) is 1.92. The number of carboxylic acid groups (broad SMARTS) is 2. The first-order chi connectivity index (χ1) is 29.0. The first-order valence-electron chi connectivity index (χ1n) is 18.3. The Morgan fingerprint density at radius 3 is 1.88 bits per heavy atom. The number of rotatable bonds is 21. The molecule has 0 bridgehead atoms. The summed E-state index contributed by atoms with van der Waals surface area (Å²) in [5.74, 6) is -7.16. The number of carbonyl (C=O) groups excluding carboxylic acids is 7. The highest BCUT2D eigenvalue weighted by atomic mass is 35.5. The van der Waals surface area contributed by atoms with E-state index in [2.05, 4.69) is 53.3 Å². The molecule has 0 fully saturated rings. The fourth-order valence-electron chi connectivity index (χ4n) is 5.13. The zero-order valence-corrected chi connectivity index (χ0v) is 34.1. The SMILES string of the molecule is C.C.C.C[C@H](NC(=O)c1ncc(CCCc2ccccc2)[nH]1)C(=O)N[C@H](C=O)CC(=O)O.C[C@H](NC(=O)c1ncc[nH]1)C(=O)N[C@@H](CC(=O)O)C(=O)COC(=O)c1c(Cl)cccc1Cl. The van der Waals surface area contributed by atoms with Gasteiger partial charge in [-0.2, -0.15) is 0 Å². The third-order valence-corrected chi connectivity index (χ3v) is 8.91. The van der Waals surface area contributed by atoms with Crippen LogP contribution in [0.25, 0.3) is 0 Å². The first kappa shape index (κ1) is 57.1. The van der Waals surface area contributed by atoms with E-state index in [4.69, 9.17) is 38.2 Å². The molecular weight excluding hydrogens is 879 g/mol. The lowest BCUT2D eigenvalue weighted by Crippen LogP contribution is -2.51. The van der Waals surface area contributed by atoms with E-state index in [-0.39, 0.29) is 49.5 Å². The van der Waals surface area contributed by atoms with Gasteiger partial charge in [-0.05, 0) is 50.8 Å². The van der Waals surface area contributed by atoms with Crippen LogP contribution in [0, 0.1) is 0 Å². The van der Waals surface area contributed by atoms with Gasteiger partial charge in [0.2, 0.25) is 11.8 Å². The molecule has 0 spiro atoms. The predicted octanol–water partition coefficient (Wildman–Crippen LogP) is 3.99. The van der Waals surface area contributed by atoms with E-state index in [0.29, 0.717) is 6.29 Å². The number of aldehydes is 1. The number of aromatic nitrogens is 4. The summed E-state index contributed by atoms with van der Waals surface area (Å²) >= 11 is 11.8. The Morgan fingerprint density at radius 1 is 0.750 bits per heavy atom. The molecule has 20 nitrogen and oxygen atoms in total. The summed E-state index contributed by atoms with van der Waals surface area (Å²) in [5, 5.41) is 27.1. The molecule has 348 valence electrons. The highest BCUT2D eigenvalue weighted by molar-refractivity contribution is 6.39. The average Bonchev–Trinajstić information content (AvgIpc) is 3.93. The molecule has 0 aliphatic rings. The fourth-order valence-corrected chi connectivity index (χ4v) is 5.68. The molecule has 0 radical (unpaired) electrons. The van der Waals surface area contributed by atoms with Gasteiger partial charge < -0.3 is 51.0 Å². The van der Waals surface area contributed by atoms with Crippen LogP contribution in [0.2, 0.25) is 10.0 Å². The van der Waals surface area contributed by atoms with Gasteiger partial charge in [0, 0.05) is 24.3 Å². The molecule has 64 heavy (non-hydrogen) atoms. The largest absolute Gasteiger partial charge is 0.481 e. The number of carboxylic acids is 2. The number of benzene rings is 2. The summed E-state index contributed by atoms with van der Waals surface area (Å²) in [6, 6.07) is 9.62. The number of H-pyrrole nitrogens is 2. The van der Waals surface area contributed by atoms with Crippen LogP contribution in [0.15, 0.2) is 67.1 Å². The van der Waals surface area contributed by atoms with Crippen LogP contribution in [-0.2, 0) is 46.3 Å². The van der Waals surface area contributed by atoms with E-state index >= 15 is 0 Å². The number of ether oxygens (including phenoxy) is 1. The van der Waals surface area contributed by atoms with E-state index in [0.717, 1.165) is 25.0 Å². The number of hydrogen-bond acceptors (Lipinski definition) is 12. The second kappa shape index (κ2) is 28.6. The number of Topliss-reactive ketones (excluding diaryl/α,β-unsaturated/α-hetero) is 1. The first-order valence-corrected chi connectivity index (χ1v) is 19.1. The third-order valence-electron chi connectivity index (χ3n) is 8.28. The van der Waals surface area contributed by atoms with Crippen LogP contribution >= 0.6 is 23.2 Å². The minimum Gasteiger partial charge on any atom is -0.481 e. The minimum absolute atomic E-state index is 0. The topological polar surface area (TPSA) is 309 Å². The second-order valence-corrected chi connectivity index (χ2v) is 13.9. The number of aliphatic carboxylic acids is 2. The molecule has 4 amide bonds. The molecule has 0 unspecified atom stereocenters. The van der Waals surface area contributed by atoms with Gasteiger partial charge in [0.1, 0.15) is 24.4 Å². The van der Waals surface area contributed by atoms with Crippen molar-refractivity contribution in [3.05, 3.63) is 106 Å². The van der Waals surface area contributed by atoms with Crippen molar-refractivity contribution in [3.8, 4) is 0 Å². The van der Waals surface area contributed by atoms with Crippen molar-refractivity contribution < 1.29 is 58.1 Å². The van der Waals surface area contributed by atoms with Gasteiger partial charge in [-0.3, -0.25) is 33.6 Å². The Bertz CT molecular complexity index is 2160. The van der Waals surface area contributed by atoms with Crippen molar-refractivity contribution in [2.75, 3.05) is 6.61 Å². The lowest BCUT2D eigenvalue weighted by Gasteiger charge is -2.19. The van der Waals surface area contributed by atoms with Gasteiger partial charge >= 0.3 is 17.9 Å². The molecule has 2 aromatic carbocycles.